The Morgan fingerprint density at radius 1 is 0.272 bits per heavy atom. The summed E-state index contributed by atoms with van der Waals surface area (Å²) in [4.78, 5) is 34.4. The van der Waals surface area contributed by atoms with Gasteiger partial charge in [-0.05, 0) is 266 Å². The van der Waals surface area contributed by atoms with E-state index < -0.39 is 0 Å². The number of nitrogens with zero attached hydrogens (tertiary/aromatic N) is 6. The minimum absolute atomic E-state index is 0.0301. The van der Waals surface area contributed by atoms with E-state index in [9.17, 15) is 4.79 Å². The van der Waals surface area contributed by atoms with E-state index in [1.54, 1.807) is 46.8 Å². The van der Waals surface area contributed by atoms with E-state index in [0.29, 0.717) is 29.0 Å². The maximum absolute atomic E-state index is 11.4. The first-order valence-electron chi connectivity index (χ1n) is 45.2. The van der Waals surface area contributed by atoms with Crippen LogP contribution in [0.25, 0.3) is 142 Å². The molecule has 0 bridgehead atoms. The Morgan fingerprint density at radius 2 is 0.596 bits per heavy atom. The normalized spacial score (nSPS) is 11.8. The third kappa shape index (κ3) is 18.1. The Hall–Kier alpha value is -6.17. The van der Waals surface area contributed by atoms with E-state index in [2.05, 4.69) is 241 Å². The number of rotatable bonds is 5. The minimum atomic E-state index is -0.0301. The Balaban J connectivity index is 0.000000115. The van der Waals surface area contributed by atoms with Crippen LogP contribution in [-0.4, -0.2) is 66.5 Å². The molecule has 1 aliphatic heterocycles. The van der Waals surface area contributed by atoms with Crippen LogP contribution in [0.4, 0.5) is 11.4 Å². The van der Waals surface area contributed by atoms with Crippen LogP contribution in [0.15, 0.2) is 29.7 Å². The Bertz CT molecular complexity index is 8030. The summed E-state index contributed by atoms with van der Waals surface area (Å²) in [6, 6.07) is 4.52. The molecule has 20 heterocycles. The topological polar surface area (TPSA) is 120 Å². The Labute approximate surface area is 878 Å². The maximum Gasteiger partial charge on any atom is 0.0635 e. The zero-order chi connectivity index (χ0) is 98.6. The van der Waals surface area contributed by atoms with Crippen LogP contribution in [0.5, 0.6) is 0 Å². The largest absolute Gasteiger partial charge is 0.140 e. The van der Waals surface area contributed by atoms with E-state index in [0.717, 1.165) is 83.3 Å². The molecule has 0 atom stereocenters. The van der Waals surface area contributed by atoms with Crippen LogP contribution in [0, 0.1) is 256 Å². The van der Waals surface area contributed by atoms with E-state index in [-0.39, 0.29) is 20.7 Å². The molecule has 1 aliphatic rings. The van der Waals surface area contributed by atoms with Crippen molar-refractivity contribution in [2.45, 2.75) is 263 Å². The summed E-state index contributed by atoms with van der Waals surface area (Å²) >= 11 is 28.4. The molecule has 0 N–H and O–H groups in total. The van der Waals surface area contributed by atoms with E-state index in [4.69, 9.17) is 34.3 Å². The van der Waals surface area contributed by atoms with Gasteiger partial charge in [0.05, 0.1) is 57.9 Å². The number of hydrogen-bond acceptors (Lipinski definition) is 23. The zero-order valence-corrected chi connectivity index (χ0v) is 102. The standard InChI is InChI=1S/C20H18N4S4.C20H20N2S2Se.C16H18S2.C12H12S3.C11H12OS2.C10H12O2.C10H12S2.C10H12Se2/c1-7-9(3)19(25-11(7)5)13-15-17(23-27-21-15)14(18-16(13)22-28-24-18)20-10(4)8(2)12(6)26-20;1-9-11(3)19(23-13(9)5)15-7-8-16(18-17(15)21-25-22-18)20-12(4)10(2)14(6)24-20;1-7-11(5)17-15-10(4)14-8(2)12(6)18-16(14)9(3)13(7)15;1-5-7(3)13-11-9(5)15-10-6(2)8(4)14-12(10)11;1-5-9-7(3)13-8(4)11(9)14-10(5)6(2)12;3*1-5-7(3)11-10-6(2)8(4)12-9(5)10/h1-6H3;7-8H,1-6H3;1-6H3;1-4H3;1-4H3;3*1-4H3. The molecule has 27 heteroatoms. The van der Waals surface area contributed by atoms with Crippen molar-refractivity contribution in [3.63, 3.8) is 0 Å². The first kappa shape index (κ1) is 103. The van der Waals surface area contributed by atoms with Gasteiger partial charge in [0.2, 0.25) is 0 Å². The molecule has 0 aliphatic carbocycles. The molecule has 9 nitrogen and oxygen atoms in total. The molecule has 708 valence electrons. The summed E-state index contributed by atoms with van der Waals surface area (Å²) in [6.07, 6.45) is 0. The molecule has 0 saturated heterocycles. The summed E-state index contributed by atoms with van der Waals surface area (Å²) in [5.74, 6) is 2.09. The summed E-state index contributed by atoms with van der Waals surface area (Å²) in [6.45, 7) is 82.9. The van der Waals surface area contributed by atoms with Crippen molar-refractivity contribution >= 4 is 332 Å². The zero-order valence-electron chi connectivity index (χ0n) is 84.9. The van der Waals surface area contributed by atoms with Crippen molar-refractivity contribution < 1.29 is 13.6 Å². The molecule has 3 aromatic carbocycles. The van der Waals surface area contributed by atoms with Crippen LogP contribution in [0.1, 0.15) is 212 Å². The molecular formula is C109H116N6O3S15Se3. The van der Waals surface area contributed by atoms with Gasteiger partial charge in [0.15, 0.2) is 16.9 Å². The number of hydrogen-bond donors (Lipinski definition) is 0. The predicted octanol–water partition coefficient (Wildman–Crippen LogP) is 38.8. The quantitative estimate of drug-likeness (QED) is 0.124. The van der Waals surface area contributed by atoms with E-state index in [1.165, 1.54) is 265 Å². The second kappa shape index (κ2) is 40.2. The first-order chi connectivity index (χ1) is 64.2. The van der Waals surface area contributed by atoms with E-state index in [1.807, 2.05) is 164 Å². The number of furan rings is 2. The number of carbonyl (C=O) groups is 1. The van der Waals surface area contributed by atoms with Crippen molar-refractivity contribution in [3.8, 4) is 41.8 Å². The van der Waals surface area contributed by atoms with Crippen molar-refractivity contribution in [1.29, 1.82) is 0 Å². The molecule has 0 unspecified atom stereocenters. The number of fused-ring (bicyclic) bond motifs is 12. The van der Waals surface area contributed by atoms with Gasteiger partial charge in [-0.15, -0.1) is 125 Å². The monoisotopic (exact) mass is 2280 g/mol. The van der Waals surface area contributed by atoms with Gasteiger partial charge in [-0.1, -0.05) is 0 Å². The molecule has 0 fully saturated rings. The van der Waals surface area contributed by atoms with Gasteiger partial charge in [-0.2, -0.15) is 17.5 Å². The molecular weight excluding hydrogens is 2160 g/mol. The number of Topliss-reactive ketones (excluding diaryl/α,β-unsaturated/α-hetero) is 1. The fourth-order valence-electron chi connectivity index (χ4n) is 17.6. The van der Waals surface area contributed by atoms with Gasteiger partial charge >= 0.3 is 248 Å². The molecule has 0 amide bonds. The SMILES string of the molecule is CC(=O)c1sc2c(C)sc(C)c2c1C.Cc1[se]c2c(C)c(C)[se]c2c1C.Cc1oc2c(C)c(C)oc2c1C.Cc1sc(-c2c3c(c(-c4sc(C)c(C)c4C)c4nsnc24)N=S=N3)c(C)c1C.Cc1sc(-c2ccc(-c3sc(C)c(C)c3C)c3n[se]nc23)c(C)c1C.Cc1sc2c(C)c(C)sc2c1C.Cc1sc2c(C)c3c(C)c(C)sc3c(C)c2c1C.Cc1sc2c(sc3c(C)c(C)sc32)c1C. The number of aryl methyl sites for hydroxylation is 29. The van der Waals surface area contributed by atoms with Crippen molar-refractivity contribution in [2.24, 2.45) is 8.73 Å². The van der Waals surface area contributed by atoms with Gasteiger partial charge in [0, 0.05) is 109 Å². The van der Waals surface area contributed by atoms with Crippen LogP contribution >= 0.6 is 159 Å². The Kier molecular flexibility index (Phi) is 30.4. The van der Waals surface area contributed by atoms with Gasteiger partial charge in [-0.25, -0.2) is 0 Å². The average molecular weight is 2280 g/mol. The molecule has 23 rings (SSSR count). The van der Waals surface area contributed by atoms with Gasteiger partial charge < -0.3 is 8.83 Å². The third-order valence-corrected chi connectivity index (χ3v) is 54.2. The molecule has 0 spiro atoms. The second-order valence-corrected chi connectivity index (χ2v) is 59.2. The molecule has 0 saturated carbocycles. The number of benzene rings is 3. The second-order valence-electron chi connectivity index (χ2n) is 36.2. The van der Waals surface area contributed by atoms with Gasteiger partial charge in [0.25, 0.3) is 0 Å². The van der Waals surface area contributed by atoms with Crippen molar-refractivity contribution in [3.05, 3.63) is 213 Å². The summed E-state index contributed by atoms with van der Waals surface area (Å²) < 4.78 is 59.8. The van der Waals surface area contributed by atoms with Gasteiger partial charge in [-0.3, -0.25) is 4.79 Å². The molecule has 22 aromatic rings. The fraction of sp³-hybridized carbons (Fsp3) is 0.349. The molecule has 136 heavy (non-hydrogen) atoms. The maximum atomic E-state index is 11.4. The smallest absolute Gasteiger partial charge is 0.0635 e. The number of carbonyl (C=O) groups excluding carboxylic acids is 1. The van der Waals surface area contributed by atoms with Crippen molar-refractivity contribution in [1.82, 2.24) is 16.7 Å². The Morgan fingerprint density at radius 3 is 0.934 bits per heavy atom. The fourth-order valence-corrected chi connectivity index (χ4v) is 42.7. The van der Waals surface area contributed by atoms with Gasteiger partial charge in [0.1, 0.15) is 33.9 Å². The van der Waals surface area contributed by atoms with Crippen LogP contribution in [0.3, 0.4) is 0 Å². The van der Waals surface area contributed by atoms with Crippen LogP contribution in [-0.2, 0) is 11.4 Å². The molecule has 19 aromatic heterocycles. The number of ketones is 1. The minimum Gasteiger partial charge on any atom is -0.140 e. The third-order valence-electron chi connectivity index (χ3n) is 28.1. The number of thiophene rings is 13. The average Bonchev–Trinajstić information content (AvgIpc) is 1.56. The van der Waals surface area contributed by atoms with Crippen LogP contribution in [0.2, 0.25) is 0 Å². The molecule has 0 radical (unpaired) electrons. The predicted molar refractivity (Wildman–Crippen MR) is 622 cm³/mol. The van der Waals surface area contributed by atoms with E-state index >= 15 is 0 Å². The van der Waals surface area contributed by atoms with Crippen molar-refractivity contribution in [2.75, 3.05) is 0 Å². The number of aromatic nitrogens is 4. The summed E-state index contributed by atoms with van der Waals surface area (Å²) in [5, 5.41) is 4.32. The summed E-state index contributed by atoms with van der Waals surface area (Å²) in [5.41, 5.74) is 41.8. The summed E-state index contributed by atoms with van der Waals surface area (Å²) in [7, 11) is 0. The first-order valence-corrected chi connectivity index (χ1v) is 62.3. The van der Waals surface area contributed by atoms with Crippen LogP contribution < -0.4 is 0 Å².